The molecule has 0 bridgehead atoms. The van der Waals surface area contributed by atoms with Crippen molar-refractivity contribution >= 4 is 9.92 Å². The van der Waals surface area contributed by atoms with Crippen LogP contribution in [0.5, 0.6) is 0 Å². The molecule has 0 radical (unpaired) electrons. The Hall–Kier alpha value is -0.0900. The lowest BCUT2D eigenvalue weighted by Gasteiger charge is -2.28. The van der Waals surface area contributed by atoms with Crippen molar-refractivity contribution in [3.05, 3.63) is 0 Å². The minimum absolute atomic E-state index is 0.314. The van der Waals surface area contributed by atoms with Crippen LogP contribution < -0.4 is 4.72 Å². The second kappa shape index (κ2) is 4.42. The van der Waals surface area contributed by atoms with E-state index in [-0.39, 0.29) is 0 Å². The summed E-state index contributed by atoms with van der Waals surface area (Å²) in [5.74, 6) is 0.771. The molecule has 4 heteroatoms. The predicted octanol–water partition coefficient (Wildman–Crippen LogP) is 2.14. The number of hydrogen-bond donors (Lipinski definition) is 2. The van der Waals surface area contributed by atoms with E-state index < -0.39 is 9.92 Å². The van der Waals surface area contributed by atoms with E-state index in [9.17, 15) is 4.21 Å². The predicted molar refractivity (Wildman–Crippen MR) is 56.0 cm³/mol. The maximum Gasteiger partial charge on any atom is 0.102 e. The van der Waals surface area contributed by atoms with E-state index in [0.717, 1.165) is 18.8 Å². The lowest BCUT2D eigenvalue weighted by molar-refractivity contribution is 0.303. The van der Waals surface area contributed by atoms with Crippen molar-refractivity contribution in [2.24, 2.45) is 5.92 Å². The van der Waals surface area contributed by atoms with Gasteiger partial charge in [-0.3, -0.25) is 0 Å². The fourth-order valence-electron chi connectivity index (χ4n) is 2.09. The quantitative estimate of drug-likeness (QED) is 0.727. The van der Waals surface area contributed by atoms with Crippen LogP contribution >= 0.6 is 0 Å². The molecule has 1 aliphatic rings. The van der Waals surface area contributed by atoms with Gasteiger partial charge in [0.05, 0.1) is 0 Å². The first-order chi connectivity index (χ1) is 6.01. The highest BCUT2D eigenvalue weighted by Crippen LogP contribution is 2.26. The molecule has 1 rings (SSSR count). The first-order valence-electron chi connectivity index (χ1n) is 5.02. The fraction of sp³-hybridized carbons (Fsp3) is 1.00. The summed E-state index contributed by atoms with van der Waals surface area (Å²) in [6, 6.07) is 0.314. The highest BCUT2D eigenvalue weighted by atomic mass is 32.2. The van der Waals surface area contributed by atoms with E-state index in [2.05, 4.69) is 11.6 Å². The summed E-state index contributed by atoms with van der Waals surface area (Å²) in [6.45, 7) is 2.21. The van der Waals surface area contributed by atoms with Gasteiger partial charge in [-0.25, -0.2) is 13.7 Å². The van der Waals surface area contributed by atoms with Crippen molar-refractivity contribution in [3.8, 4) is 0 Å². The minimum atomic E-state index is -2.51. The minimum Gasteiger partial charge on any atom is -0.241 e. The Morgan fingerprint density at radius 1 is 1.54 bits per heavy atom. The zero-order valence-electron chi connectivity index (χ0n) is 8.51. The van der Waals surface area contributed by atoms with Gasteiger partial charge in [-0.1, -0.05) is 26.2 Å². The molecule has 0 amide bonds. The Morgan fingerprint density at radius 3 is 2.77 bits per heavy atom. The highest BCUT2D eigenvalue weighted by molar-refractivity contribution is 7.89. The molecule has 3 unspecified atom stereocenters. The summed E-state index contributed by atoms with van der Waals surface area (Å²) >= 11 is 0. The van der Waals surface area contributed by atoms with Crippen LogP contribution in [0.25, 0.3) is 0 Å². The molecule has 1 fully saturated rings. The lowest BCUT2D eigenvalue weighted by atomic mass is 9.85. The van der Waals surface area contributed by atoms with Gasteiger partial charge in [-0.15, -0.1) is 0 Å². The Morgan fingerprint density at radius 2 is 2.23 bits per heavy atom. The van der Waals surface area contributed by atoms with Crippen molar-refractivity contribution in [3.63, 3.8) is 0 Å². The average Bonchev–Trinajstić information content (AvgIpc) is 2.01. The Kier molecular flexibility index (Phi) is 3.74. The summed E-state index contributed by atoms with van der Waals surface area (Å²) in [6.07, 6.45) is 7.37. The lowest BCUT2D eigenvalue weighted by Crippen LogP contribution is -2.37. The van der Waals surface area contributed by atoms with Gasteiger partial charge in [0.1, 0.15) is 9.92 Å². The zero-order chi connectivity index (χ0) is 9.90. The van der Waals surface area contributed by atoms with Gasteiger partial charge in [0.25, 0.3) is 0 Å². The van der Waals surface area contributed by atoms with Crippen LogP contribution in [0.4, 0.5) is 0 Å². The van der Waals surface area contributed by atoms with Gasteiger partial charge >= 0.3 is 0 Å². The topological polar surface area (TPSA) is 53.0 Å². The number of rotatable bonds is 3. The standard InChI is InChI=1S/C9H20N2OS/c1-3-8-5-4-6-9(7-8)11-13(2,10)12/h8-9H,3-7H2,1-2H3,(H2,10,11,12). The second-order valence-electron chi connectivity index (χ2n) is 4.10. The van der Waals surface area contributed by atoms with E-state index in [1.807, 2.05) is 0 Å². The van der Waals surface area contributed by atoms with Gasteiger partial charge in [0.2, 0.25) is 0 Å². The van der Waals surface area contributed by atoms with Crippen LogP contribution in [0.2, 0.25) is 0 Å². The molecule has 0 saturated heterocycles. The summed E-state index contributed by atoms with van der Waals surface area (Å²) in [5.41, 5.74) is 0. The van der Waals surface area contributed by atoms with Gasteiger partial charge in [0.15, 0.2) is 0 Å². The molecule has 1 aliphatic carbocycles. The van der Waals surface area contributed by atoms with Crippen LogP contribution in [0, 0.1) is 10.7 Å². The Bertz CT molecular complexity index is 248. The van der Waals surface area contributed by atoms with E-state index in [1.165, 1.54) is 25.5 Å². The van der Waals surface area contributed by atoms with Crippen molar-refractivity contribution in [1.82, 2.24) is 4.72 Å². The molecule has 0 aromatic rings. The van der Waals surface area contributed by atoms with Gasteiger partial charge in [0, 0.05) is 12.3 Å². The third-order valence-corrected chi connectivity index (χ3v) is 3.53. The fourth-order valence-corrected chi connectivity index (χ4v) is 2.94. The molecule has 0 aliphatic heterocycles. The van der Waals surface area contributed by atoms with Crippen molar-refractivity contribution in [2.75, 3.05) is 6.26 Å². The molecule has 0 aromatic heterocycles. The van der Waals surface area contributed by atoms with E-state index in [1.54, 1.807) is 0 Å². The molecule has 1 saturated carbocycles. The van der Waals surface area contributed by atoms with Crippen molar-refractivity contribution < 1.29 is 4.21 Å². The largest absolute Gasteiger partial charge is 0.241 e. The van der Waals surface area contributed by atoms with Crippen molar-refractivity contribution in [2.45, 2.75) is 45.1 Å². The number of hydrogen-bond acceptors (Lipinski definition) is 2. The maximum absolute atomic E-state index is 11.2. The molecule has 13 heavy (non-hydrogen) atoms. The Balaban J connectivity index is 2.43. The molecule has 78 valence electrons. The first kappa shape index (κ1) is 11.0. The second-order valence-corrected chi connectivity index (χ2v) is 6.02. The molecule has 0 heterocycles. The van der Waals surface area contributed by atoms with E-state index in [0.29, 0.717) is 6.04 Å². The van der Waals surface area contributed by atoms with E-state index in [4.69, 9.17) is 4.78 Å². The normalized spacial score (nSPS) is 34.0. The van der Waals surface area contributed by atoms with Crippen LogP contribution in [0.1, 0.15) is 39.0 Å². The van der Waals surface area contributed by atoms with Gasteiger partial charge < -0.3 is 0 Å². The average molecular weight is 204 g/mol. The molecular weight excluding hydrogens is 184 g/mol. The van der Waals surface area contributed by atoms with Crippen LogP contribution in [-0.2, 0) is 9.92 Å². The molecule has 3 atom stereocenters. The SMILES string of the molecule is CCC1CCCC(NS(C)(=N)=O)C1. The van der Waals surface area contributed by atoms with Crippen LogP contribution in [0.3, 0.4) is 0 Å². The molecule has 2 N–H and O–H groups in total. The van der Waals surface area contributed by atoms with Gasteiger partial charge in [-0.2, -0.15) is 0 Å². The Labute approximate surface area is 81.4 Å². The maximum atomic E-state index is 11.2. The van der Waals surface area contributed by atoms with Gasteiger partial charge in [-0.05, 0) is 18.8 Å². The molecule has 0 aromatic carbocycles. The van der Waals surface area contributed by atoms with E-state index >= 15 is 0 Å². The summed E-state index contributed by atoms with van der Waals surface area (Å²) in [5, 5.41) is 0. The third kappa shape index (κ3) is 4.09. The molecule has 0 spiro atoms. The van der Waals surface area contributed by atoms with Crippen LogP contribution in [0.15, 0.2) is 0 Å². The molecular formula is C9H20N2OS. The number of nitrogens with one attached hydrogen (secondary N) is 2. The first-order valence-corrected chi connectivity index (χ1v) is 6.99. The highest BCUT2D eigenvalue weighted by Gasteiger charge is 2.21. The summed E-state index contributed by atoms with van der Waals surface area (Å²) < 4.78 is 21.4. The summed E-state index contributed by atoms with van der Waals surface area (Å²) in [7, 11) is -2.51. The van der Waals surface area contributed by atoms with Crippen LogP contribution in [-0.4, -0.2) is 16.5 Å². The van der Waals surface area contributed by atoms with Crippen molar-refractivity contribution in [1.29, 1.82) is 4.78 Å². The summed E-state index contributed by atoms with van der Waals surface area (Å²) in [4.78, 5) is 0. The third-order valence-electron chi connectivity index (χ3n) is 2.75. The smallest absolute Gasteiger partial charge is 0.102 e. The molecule has 3 nitrogen and oxygen atoms in total. The zero-order valence-corrected chi connectivity index (χ0v) is 9.32. The monoisotopic (exact) mass is 204 g/mol.